The lowest BCUT2D eigenvalue weighted by Gasteiger charge is -2.26. The summed E-state index contributed by atoms with van der Waals surface area (Å²) in [6, 6.07) is 0.201. The Morgan fingerprint density at radius 1 is 1.42 bits per heavy atom. The number of hydrogen-bond donors (Lipinski definition) is 1. The average molecular weight is 169 g/mol. The Bertz CT molecular complexity index is 259. The summed E-state index contributed by atoms with van der Waals surface area (Å²) in [5, 5.41) is 10.9. The molecule has 68 valence electrons. The molecule has 0 aromatic carbocycles. The lowest BCUT2D eigenvalue weighted by molar-refractivity contribution is 0.244. The third kappa shape index (κ3) is 1.54. The van der Waals surface area contributed by atoms with Crippen molar-refractivity contribution in [1.82, 2.24) is 20.2 Å². The van der Waals surface area contributed by atoms with Gasteiger partial charge in [-0.2, -0.15) is 0 Å². The van der Waals surface area contributed by atoms with Crippen LogP contribution >= 0.6 is 0 Å². The van der Waals surface area contributed by atoms with Crippen LogP contribution in [0.25, 0.3) is 0 Å². The molecule has 0 aliphatic carbocycles. The van der Waals surface area contributed by atoms with Crippen molar-refractivity contribution in [2.75, 3.05) is 5.73 Å². The van der Waals surface area contributed by atoms with Crippen LogP contribution in [0.15, 0.2) is 0 Å². The van der Waals surface area contributed by atoms with Crippen molar-refractivity contribution in [3.63, 3.8) is 0 Å². The molecule has 1 unspecified atom stereocenters. The summed E-state index contributed by atoms with van der Waals surface area (Å²) in [6.07, 6.45) is 0. The molecule has 0 saturated heterocycles. The highest BCUT2D eigenvalue weighted by atomic mass is 15.6. The summed E-state index contributed by atoms with van der Waals surface area (Å²) < 4.78 is 1.64. The number of anilines is 1. The smallest absolute Gasteiger partial charge is 0.240 e. The first-order valence-corrected chi connectivity index (χ1v) is 3.96. The fourth-order valence-corrected chi connectivity index (χ4v) is 0.843. The molecule has 1 rings (SSSR count). The predicted octanol–water partition coefficient (Wildman–Crippen LogP) is 0.862. The topological polar surface area (TPSA) is 69.6 Å². The van der Waals surface area contributed by atoms with Gasteiger partial charge in [-0.15, -0.1) is 0 Å². The Labute approximate surface area is 71.9 Å². The molecule has 0 fully saturated rings. The molecule has 12 heavy (non-hydrogen) atoms. The van der Waals surface area contributed by atoms with E-state index in [4.69, 9.17) is 5.73 Å². The molecular formula is C7H15N5. The van der Waals surface area contributed by atoms with E-state index in [1.165, 1.54) is 0 Å². The maximum absolute atomic E-state index is 5.56. The third-order valence-electron chi connectivity index (χ3n) is 2.14. The van der Waals surface area contributed by atoms with E-state index in [9.17, 15) is 0 Å². The maximum Gasteiger partial charge on any atom is 0.240 e. The van der Waals surface area contributed by atoms with Crippen LogP contribution in [-0.2, 0) is 0 Å². The maximum atomic E-state index is 5.56. The van der Waals surface area contributed by atoms with E-state index in [1.807, 2.05) is 6.92 Å². The van der Waals surface area contributed by atoms with Gasteiger partial charge in [0.2, 0.25) is 5.95 Å². The zero-order valence-electron chi connectivity index (χ0n) is 7.94. The second-order valence-electron chi connectivity index (χ2n) is 4.02. The quantitative estimate of drug-likeness (QED) is 0.677. The number of nitrogen functional groups attached to an aromatic ring is 1. The summed E-state index contributed by atoms with van der Waals surface area (Å²) in [5.41, 5.74) is 5.68. The van der Waals surface area contributed by atoms with Gasteiger partial charge in [-0.05, 0) is 22.8 Å². The van der Waals surface area contributed by atoms with E-state index in [2.05, 4.69) is 36.3 Å². The minimum Gasteiger partial charge on any atom is -0.367 e. The second-order valence-corrected chi connectivity index (χ2v) is 4.02. The van der Waals surface area contributed by atoms with Crippen LogP contribution in [0.3, 0.4) is 0 Å². The minimum atomic E-state index is 0.115. The Kier molecular flexibility index (Phi) is 2.04. The minimum absolute atomic E-state index is 0.115. The summed E-state index contributed by atoms with van der Waals surface area (Å²) in [5.74, 6) is 0.373. The normalized spacial score (nSPS) is 14.7. The predicted molar refractivity (Wildman–Crippen MR) is 46.4 cm³/mol. The number of nitrogens with two attached hydrogens (primary N) is 1. The Morgan fingerprint density at radius 2 is 2.00 bits per heavy atom. The van der Waals surface area contributed by atoms with Crippen LogP contribution in [0.1, 0.15) is 33.7 Å². The molecule has 2 N–H and O–H groups in total. The van der Waals surface area contributed by atoms with E-state index in [-0.39, 0.29) is 11.5 Å². The first-order chi connectivity index (χ1) is 5.43. The molecule has 0 radical (unpaired) electrons. The van der Waals surface area contributed by atoms with Gasteiger partial charge < -0.3 is 5.73 Å². The number of tetrazole rings is 1. The van der Waals surface area contributed by atoms with Gasteiger partial charge >= 0.3 is 0 Å². The van der Waals surface area contributed by atoms with Crippen molar-refractivity contribution in [2.45, 2.75) is 33.7 Å². The summed E-state index contributed by atoms with van der Waals surface area (Å²) in [6.45, 7) is 8.42. The van der Waals surface area contributed by atoms with Gasteiger partial charge in [0.15, 0.2) is 0 Å². The highest BCUT2D eigenvalue weighted by Gasteiger charge is 2.24. The number of nitrogens with zero attached hydrogens (tertiary/aromatic N) is 4. The summed E-state index contributed by atoms with van der Waals surface area (Å²) in [7, 11) is 0. The first kappa shape index (κ1) is 8.96. The van der Waals surface area contributed by atoms with Crippen LogP contribution in [0.4, 0.5) is 5.95 Å². The zero-order chi connectivity index (χ0) is 9.35. The molecule has 0 saturated carbocycles. The standard InChI is InChI=1S/C7H15N5/c1-5(7(2,3)4)12-6(8)9-10-11-12/h5H,1-4H3,(H2,8,9,11). The van der Waals surface area contributed by atoms with Crippen molar-refractivity contribution in [1.29, 1.82) is 0 Å². The zero-order valence-corrected chi connectivity index (χ0v) is 7.94. The lowest BCUT2D eigenvalue weighted by Crippen LogP contribution is -2.23. The van der Waals surface area contributed by atoms with Crippen LogP contribution in [-0.4, -0.2) is 20.2 Å². The largest absolute Gasteiger partial charge is 0.367 e. The SMILES string of the molecule is CC(n1nnnc1N)C(C)(C)C. The lowest BCUT2D eigenvalue weighted by atomic mass is 9.88. The molecule has 1 aromatic rings. The molecule has 0 aliphatic heterocycles. The monoisotopic (exact) mass is 169 g/mol. The molecule has 0 spiro atoms. The van der Waals surface area contributed by atoms with E-state index < -0.39 is 0 Å². The Balaban J connectivity index is 2.92. The molecule has 0 amide bonds. The van der Waals surface area contributed by atoms with Gasteiger partial charge in [0.25, 0.3) is 0 Å². The molecule has 5 heteroatoms. The van der Waals surface area contributed by atoms with E-state index in [0.717, 1.165) is 0 Å². The fourth-order valence-electron chi connectivity index (χ4n) is 0.843. The van der Waals surface area contributed by atoms with Gasteiger partial charge in [-0.3, -0.25) is 0 Å². The van der Waals surface area contributed by atoms with Crippen molar-refractivity contribution in [3.05, 3.63) is 0 Å². The van der Waals surface area contributed by atoms with Crippen molar-refractivity contribution in [3.8, 4) is 0 Å². The van der Waals surface area contributed by atoms with Crippen LogP contribution in [0, 0.1) is 5.41 Å². The summed E-state index contributed by atoms with van der Waals surface area (Å²) in [4.78, 5) is 0. The molecule has 1 atom stereocenters. The highest BCUT2D eigenvalue weighted by Crippen LogP contribution is 2.29. The van der Waals surface area contributed by atoms with Crippen molar-refractivity contribution >= 4 is 5.95 Å². The molecule has 0 aliphatic rings. The number of aromatic nitrogens is 4. The van der Waals surface area contributed by atoms with E-state index in [1.54, 1.807) is 4.68 Å². The van der Waals surface area contributed by atoms with Gasteiger partial charge in [0, 0.05) is 0 Å². The third-order valence-corrected chi connectivity index (χ3v) is 2.14. The second kappa shape index (κ2) is 2.73. The van der Waals surface area contributed by atoms with Gasteiger partial charge in [-0.1, -0.05) is 25.9 Å². The van der Waals surface area contributed by atoms with Crippen LogP contribution in [0.2, 0.25) is 0 Å². The molecule has 5 nitrogen and oxygen atoms in total. The molecule has 0 bridgehead atoms. The molecule has 1 heterocycles. The average Bonchev–Trinajstić information content (AvgIpc) is 2.31. The highest BCUT2D eigenvalue weighted by molar-refractivity contribution is 5.11. The van der Waals surface area contributed by atoms with Crippen LogP contribution < -0.4 is 5.73 Å². The van der Waals surface area contributed by atoms with Crippen molar-refractivity contribution in [2.24, 2.45) is 5.41 Å². The summed E-state index contributed by atoms with van der Waals surface area (Å²) >= 11 is 0. The fraction of sp³-hybridized carbons (Fsp3) is 0.857. The van der Waals surface area contributed by atoms with Crippen molar-refractivity contribution < 1.29 is 0 Å². The molecular weight excluding hydrogens is 154 g/mol. The number of rotatable bonds is 1. The van der Waals surface area contributed by atoms with Crippen LogP contribution in [0.5, 0.6) is 0 Å². The number of hydrogen-bond acceptors (Lipinski definition) is 4. The Morgan fingerprint density at radius 3 is 2.33 bits per heavy atom. The van der Waals surface area contributed by atoms with E-state index in [0.29, 0.717) is 5.95 Å². The Hall–Kier alpha value is -1.13. The van der Waals surface area contributed by atoms with Gasteiger partial charge in [0.05, 0.1) is 6.04 Å². The van der Waals surface area contributed by atoms with Gasteiger partial charge in [-0.25, -0.2) is 4.68 Å². The molecule has 1 aromatic heterocycles. The van der Waals surface area contributed by atoms with E-state index >= 15 is 0 Å². The first-order valence-electron chi connectivity index (χ1n) is 3.96. The van der Waals surface area contributed by atoms with Gasteiger partial charge in [0.1, 0.15) is 0 Å².